The quantitative estimate of drug-likeness (QED) is 0.716. The Labute approximate surface area is 77.6 Å². The highest BCUT2D eigenvalue weighted by Crippen LogP contribution is 2.18. The Kier molecular flexibility index (Phi) is 2.30. The van der Waals surface area contributed by atoms with Crippen LogP contribution < -0.4 is 0 Å². The zero-order valence-corrected chi connectivity index (χ0v) is 7.79. The molecule has 0 aliphatic carbocycles. The predicted molar refractivity (Wildman–Crippen MR) is 52.6 cm³/mol. The van der Waals surface area contributed by atoms with Crippen molar-refractivity contribution < 1.29 is 4.42 Å². The highest BCUT2D eigenvalue weighted by Gasteiger charge is 2.01. The first-order chi connectivity index (χ1) is 6.40. The molecule has 13 heavy (non-hydrogen) atoms. The topological polar surface area (TPSA) is 26.0 Å². The van der Waals surface area contributed by atoms with Crippen LogP contribution in [0, 0.1) is 0 Å². The Bertz CT molecular complexity index is 359. The fourth-order valence-corrected chi connectivity index (χ4v) is 1.41. The first kappa shape index (κ1) is 8.30. The minimum Gasteiger partial charge on any atom is -0.461 e. The van der Waals surface area contributed by atoms with Gasteiger partial charge in [-0.2, -0.15) is 0 Å². The van der Waals surface area contributed by atoms with Crippen LogP contribution >= 0.6 is 0 Å². The van der Waals surface area contributed by atoms with E-state index in [2.05, 4.69) is 18.0 Å². The first-order valence-corrected chi connectivity index (χ1v) is 4.72. The van der Waals surface area contributed by atoms with Crippen molar-refractivity contribution in [2.75, 3.05) is 0 Å². The van der Waals surface area contributed by atoms with Crippen LogP contribution in [0.1, 0.15) is 25.5 Å². The highest BCUT2D eigenvalue weighted by molar-refractivity contribution is 5.76. The van der Waals surface area contributed by atoms with Crippen molar-refractivity contribution >= 4 is 11.0 Å². The first-order valence-electron chi connectivity index (χ1n) is 4.72. The van der Waals surface area contributed by atoms with E-state index in [9.17, 15) is 0 Å². The van der Waals surface area contributed by atoms with Gasteiger partial charge in [0, 0.05) is 24.2 Å². The average Bonchev–Trinajstić information content (AvgIpc) is 2.57. The van der Waals surface area contributed by atoms with Crippen molar-refractivity contribution in [1.29, 1.82) is 0 Å². The van der Waals surface area contributed by atoms with Gasteiger partial charge in [0.2, 0.25) is 0 Å². The molecule has 0 saturated carbocycles. The Balaban J connectivity index is 2.28. The van der Waals surface area contributed by atoms with Crippen molar-refractivity contribution in [2.45, 2.75) is 26.2 Å². The predicted octanol–water partition coefficient (Wildman–Crippen LogP) is 3.17. The maximum absolute atomic E-state index is 5.63. The molecule has 0 N–H and O–H groups in total. The molecule has 2 aromatic heterocycles. The minimum atomic E-state index is 0.945. The summed E-state index contributed by atoms with van der Waals surface area (Å²) in [6, 6.07) is 3.99. The molecule has 0 unspecified atom stereocenters. The van der Waals surface area contributed by atoms with E-state index in [0.717, 1.165) is 23.2 Å². The maximum Gasteiger partial charge on any atom is 0.137 e. The van der Waals surface area contributed by atoms with Gasteiger partial charge in [-0.15, -0.1) is 0 Å². The fourth-order valence-electron chi connectivity index (χ4n) is 1.41. The molecule has 2 heteroatoms. The number of pyridine rings is 1. The second kappa shape index (κ2) is 3.60. The minimum absolute atomic E-state index is 0.945. The fraction of sp³-hybridized carbons (Fsp3) is 0.364. The summed E-state index contributed by atoms with van der Waals surface area (Å²) in [6.45, 7) is 2.18. The van der Waals surface area contributed by atoms with Gasteiger partial charge in [-0.1, -0.05) is 13.3 Å². The van der Waals surface area contributed by atoms with Gasteiger partial charge in [0.1, 0.15) is 11.3 Å². The number of aryl methyl sites for hydroxylation is 1. The molecular formula is C11H13NO. The molecule has 0 saturated heterocycles. The Morgan fingerprint density at radius 3 is 3.15 bits per heavy atom. The molecule has 2 heterocycles. The Morgan fingerprint density at radius 2 is 2.38 bits per heavy atom. The summed E-state index contributed by atoms with van der Waals surface area (Å²) in [7, 11) is 0. The molecule has 0 fully saturated rings. The van der Waals surface area contributed by atoms with Crippen molar-refractivity contribution in [1.82, 2.24) is 4.98 Å². The van der Waals surface area contributed by atoms with Crippen molar-refractivity contribution in [2.24, 2.45) is 0 Å². The SMILES string of the molecule is CCCCc1cc2cnccc2o1. The molecule has 0 aliphatic rings. The Hall–Kier alpha value is -1.31. The summed E-state index contributed by atoms with van der Waals surface area (Å²) >= 11 is 0. The van der Waals surface area contributed by atoms with E-state index >= 15 is 0 Å². The lowest BCUT2D eigenvalue weighted by atomic mass is 10.2. The zero-order chi connectivity index (χ0) is 9.10. The second-order valence-electron chi connectivity index (χ2n) is 3.23. The van der Waals surface area contributed by atoms with Crippen molar-refractivity contribution in [3.63, 3.8) is 0 Å². The molecule has 0 bridgehead atoms. The van der Waals surface area contributed by atoms with Gasteiger partial charge in [0.15, 0.2) is 0 Å². The number of nitrogens with zero attached hydrogens (tertiary/aromatic N) is 1. The van der Waals surface area contributed by atoms with Gasteiger partial charge in [-0.3, -0.25) is 4.98 Å². The van der Waals surface area contributed by atoms with E-state index in [1.165, 1.54) is 12.8 Å². The molecule has 2 rings (SSSR count). The number of fused-ring (bicyclic) bond motifs is 1. The molecule has 2 nitrogen and oxygen atoms in total. The van der Waals surface area contributed by atoms with Crippen LogP contribution in [0.3, 0.4) is 0 Å². The van der Waals surface area contributed by atoms with Crippen LogP contribution in [0.15, 0.2) is 28.9 Å². The lowest BCUT2D eigenvalue weighted by Gasteiger charge is -1.90. The molecule has 0 spiro atoms. The van der Waals surface area contributed by atoms with Gasteiger partial charge in [-0.25, -0.2) is 0 Å². The molecule has 0 radical (unpaired) electrons. The average molecular weight is 175 g/mol. The van der Waals surface area contributed by atoms with Crippen LogP contribution in [0.5, 0.6) is 0 Å². The van der Waals surface area contributed by atoms with Gasteiger partial charge in [0.25, 0.3) is 0 Å². The summed E-state index contributed by atoms with van der Waals surface area (Å²) in [5, 5.41) is 1.11. The summed E-state index contributed by atoms with van der Waals surface area (Å²) in [6.07, 6.45) is 7.03. The molecule has 0 atom stereocenters. The normalized spacial score (nSPS) is 10.8. The molecule has 0 amide bonds. The highest BCUT2D eigenvalue weighted by atomic mass is 16.3. The van der Waals surface area contributed by atoms with Gasteiger partial charge in [0.05, 0.1) is 0 Å². The number of furan rings is 1. The number of aromatic nitrogens is 1. The lowest BCUT2D eigenvalue weighted by Crippen LogP contribution is -1.78. The molecule has 68 valence electrons. The smallest absolute Gasteiger partial charge is 0.137 e. The van der Waals surface area contributed by atoms with Gasteiger partial charge in [-0.05, 0) is 18.6 Å². The third-order valence-electron chi connectivity index (χ3n) is 2.14. The largest absolute Gasteiger partial charge is 0.461 e. The van der Waals surface area contributed by atoms with Crippen LogP contribution in [0.2, 0.25) is 0 Å². The Morgan fingerprint density at radius 1 is 1.46 bits per heavy atom. The van der Waals surface area contributed by atoms with E-state index in [1.807, 2.05) is 12.3 Å². The summed E-state index contributed by atoms with van der Waals surface area (Å²) < 4.78 is 5.63. The standard InChI is InChI=1S/C11H13NO/c1-2-3-4-10-7-9-8-12-6-5-11(9)13-10/h5-8H,2-4H2,1H3. The number of unbranched alkanes of at least 4 members (excludes halogenated alkanes) is 1. The third-order valence-corrected chi connectivity index (χ3v) is 2.14. The van der Waals surface area contributed by atoms with E-state index in [1.54, 1.807) is 6.20 Å². The lowest BCUT2D eigenvalue weighted by molar-refractivity contribution is 0.536. The number of rotatable bonds is 3. The molecule has 2 aromatic rings. The molecule has 0 aromatic carbocycles. The second-order valence-corrected chi connectivity index (χ2v) is 3.23. The number of hydrogen-bond donors (Lipinski definition) is 0. The monoisotopic (exact) mass is 175 g/mol. The molecule has 0 aliphatic heterocycles. The van der Waals surface area contributed by atoms with Crippen LogP contribution in [0.4, 0.5) is 0 Å². The summed E-state index contributed by atoms with van der Waals surface area (Å²) in [5.41, 5.74) is 0.945. The molecular weight excluding hydrogens is 162 g/mol. The van der Waals surface area contributed by atoms with E-state index in [-0.39, 0.29) is 0 Å². The summed E-state index contributed by atoms with van der Waals surface area (Å²) in [5.74, 6) is 1.07. The van der Waals surface area contributed by atoms with Crippen molar-refractivity contribution in [3.05, 3.63) is 30.3 Å². The maximum atomic E-state index is 5.63. The van der Waals surface area contributed by atoms with Crippen LogP contribution in [-0.2, 0) is 6.42 Å². The third kappa shape index (κ3) is 1.72. The van der Waals surface area contributed by atoms with Gasteiger partial charge < -0.3 is 4.42 Å². The number of hydrogen-bond acceptors (Lipinski definition) is 2. The van der Waals surface area contributed by atoms with E-state index in [4.69, 9.17) is 4.42 Å². The van der Waals surface area contributed by atoms with Crippen LogP contribution in [0.25, 0.3) is 11.0 Å². The zero-order valence-electron chi connectivity index (χ0n) is 7.79. The van der Waals surface area contributed by atoms with Crippen molar-refractivity contribution in [3.8, 4) is 0 Å². The van der Waals surface area contributed by atoms with E-state index < -0.39 is 0 Å². The van der Waals surface area contributed by atoms with E-state index in [0.29, 0.717) is 0 Å². The van der Waals surface area contributed by atoms with Gasteiger partial charge >= 0.3 is 0 Å². The van der Waals surface area contributed by atoms with Crippen LogP contribution in [-0.4, -0.2) is 4.98 Å². The summed E-state index contributed by atoms with van der Waals surface area (Å²) in [4.78, 5) is 4.05.